The number of halogens is 2. The highest BCUT2D eigenvalue weighted by atomic mass is 35.5. The van der Waals surface area contributed by atoms with Crippen LogP contribution in [0.3, 0.4) is 0 Å². The second-order valence-electron chi connectivity index (χ2n) is 7.83. The van der Waals surface area contributed by atoms with Gasteiger partial charge in [0.25, 0.3) is 5.91 Å². The molecule has 2 N–H and O–H groups in total. The zero-order valence-corrected chi connectivity index (χ0v) is 19.0. The number of ketones is 1. The van der Waals surface area contributed by atoms with Crippen LogP contribution < -0.4 is 15.1 Å². The van der Waals surface area contributed by atoms with E-state index >= 15 is 0 Å². The molecule has 32 heavy (non-hydrogen) atoms. The maximum absolute atomic E-state index is 13.0. The lowest BCUT2D eigenvalue weighted by Gasteiger charge is -2.33. The van der Waals surface area contributed by atoms with Gasteiger partial charge in [0.1, 0.15) is 0 Å². The maximum Gasteiger partial charge on any atom is 0.279 e. The van der Waals surface area contributed by atoms with Crippen LogP contribution in [0.1, 0.15) is 15.9 Å². The van der Waals surface area contributed by atoms with Crippen LogP contribution in [0.5, 0.6) is 0 Å². The minimum absolute atomic E-state index is 0.124. The van der Waals surface area contributed by atoms with Crippen molar-refractivity contribution in [2.75, 3.05) is 42.9 Å². The van der Waals surface area contributed by atoms with E-state index in [2.05, 4.69) is 16.3 Å². The molecule has 1 saturated heterocycles. The van der Waals surface area contributed by atoms with Crippen molar-refractivity contribution in [3.05, 3.63) is 94.0 Å². The predicted molar refractivity (Wildman–Crippen MR) is 129 cm³/mol. The van der Waals surface area contributed by atoms with Crippen molar-refractivity contribution in [1.82, 2.24) is 0 Å². The second-order valence-corrected chi connectivity index (χ2v) is 8.70. The monoisotopic (exact) mass is 468 g/mol. The van der Waals surface area contributed by atoms with Crippen LogP contribution in [0.2, 0.25) is 10.0 Å². The normalized spacial score (nSPS) is 14.2. The van der Waals surface area contributed by atoms with Crippen LogP contribution in [0.25, 0.3) is 0 Å². The summed E-state index contributed by atoms with van der Waals surface area (Å²) in [6, 6.07) is 21.8. The van der Waals surface area contributed by atoms with Crippen LogP contribution in [0, 0.1) is 0 Å². The van der Waals surface area contributed by atoms with Crippen molar-refractivity contribution >= 4 is 46.3 Å². The number of quaternary nitrogens is 1. The number of anilines is 2. The summed E-state index contributed by atoms with van der Waals surface area (Å²) >= 11 is 12.2. The first kappa shape index (κ1) is 22.3. The van der Waals surface area contributed by atoms with E-state index in [1.54, 1.807) is 30.3 Å². The van der Waals surface area contributed by atoms with Crippen LogP contribution in [0.15, 0.2) is 72.8 Å². The lowest BCUT2D eigenvalue weighted by Crippen LogP contribution is -3.15. The number of hydrogen-bond donors (Lipinski definition) is 2. The predicted octanol–water partition coefficient (Wildman–Crippen LogP) is 3.57. The molecule has 1 heterocycles. The van der Waals surface area contributed by atoms with Gasteiger partial charge in [-0.05, 0) is 36.4 Å². The molecule has 4 rings (SSSR count). The van der Waals surface area contributed by atoms with Crippen molar-refractivity contribution in [1.29, 1.82) is 0 Å². The van der Waals surface area contributed by atoms with Gasteiger partial charge in [0.2, 0.25) is 0 Å². The van der Waals surface area contributed by atoms with Crippen LogP contribution >= 0.6 is 23.2 Å². The highest BCUT2D eigenvalue weighted by Gasteiger charge is 2.23. The van der Waals surface area contributed by atoms with E-state index in [1.807, 2.05) is 36.4 Å². The third kappa shape index (κ3) is 5.49. The van der Waals surface area contributed by atoms with Crippen molar-refractivity contribution in [2.24, 2.45) is 0 Å². The summed E-state index contributed by atoms with van der Waals surface area (Å²) in [4.78, 5) is 29.2. The van der Waals surface area contributed by atoms with Gasteiger partial charge in [0.05, 0.1) is 31.9 Å². The Balaban J connectivity index is 1.38. The second kappa shape index (κ2) is 10.2. The molecule has 3 aromatic carbocycles. The molecular formula is C25H24Cl2N3O2+. The summed E-state index contributed by atoms with van der Waals surface area (Å²) in [6.45, 7) is 3.72. The molecule has 5 nitrogen and oxygen atoms in total. The van der Waals surface area contributed by atoms with Crippen molar-refractivity contribution in [2.45, 2.75) is 0 Å². The van der Waals surface area contributed by atoms with E-state index in [4.69, 9.17) is 23.2 Å². The fourth-order valence-corrected chi connectivity index (χ4v) is 4.27. The standard InChI is InChI=1S/C25H23Cl2N3O2/c26-19-7-4-8-21(15-19)30-13-11-29(12-14-30)17-24(31)28-23-10-9-20(27)16-22(23)25(32)18-5-2-1-3-6-18/h1-10,15-16H,11-14,17H2,(H,28,31)/p+1. The molecule has 0 radical (unpaired) electrons. The largest absolute Gasteiger partial charge is 0.360 e. The Labute approximate surface area is 197 Å². The molecule has 164 valence electrons. The number of hydrogen-bond acceptors (Lipinski definition) is 3. The third-order valence-corrected chi connectivity index (χ3v) is 6.06. The van der Waals surface area contributed by atoms with Gasteiger partial charge in [-0.25, -0.2) is 0 Å². The molecule has 0 saturated carbocycles. The number of carbonyl (C=O) groups is 2. The summed E-state index contributed by atoms with van der Waals surface area (Å²) in [5.74, 6) is -0.300. The van der Waals surface area contributed by atoms with Gasteiger partial charge in [0.15, 0.2) is 12.3 Å². The minimum Gasteiger partial charge on any atom is -0.360 e. The Hall–Kier alpha value is -2.86. The summed E-state index contributed by atoms with van der Waals surface area (Å²) < 4.78 is 0. The van der Waals surface area contributed by atoms with Gasteiger partial charge in [-0.3, -0.25) is 9.59 Å². The smallest absolute Gasteiger partial charge is 0.279 e. The zero-order chi connectivity index (χ0) is 22.5. The van der Waals surface area contributed by atoms with Gasteiger partial charge in [0, 0.05) is 26.9 Å². The van der Waals surface area contributed by atoms with E-state index in [9.17, 15) is 9.59 Å². The first-order valence-electron chi connectivity index (χ1n) is 10.5. The first-order valence-corrected chi connectivity index (χ1v) is 11.3. The van der Waals surface area contributed by atoms with Gasteiger partial charge >= 0.3 is 0 Å². The maximum atomic E-state index is 13.0. The average molecular weight is 469 g/mol. The molecule has 1 fully saturated rings. The average Bonchev–Trinajstić information content (AvgIpc) is 2.81. The fourth-order valence-electron chi connectivity index (χ4n) is 3.91. The van der Waals surface area contributed by atoms with E-state index in [0.717, 1.165) is 36.9 Å². The molecule has 0 aliphatic carbocycles. The van der Waals surface area contributed by atoms with E-state index in [-0.39, 0.29) is 11.7 Å². The fraction of sp³-hybridized carbons (Fsp3) is 0.200. The number of nitrogens with one attached hydrogen (secondary N) is 2. The highest BCUT2D eigenvalue weighted by Crippen LogP contribution is 2.24. The minimum atomic E-state index is -0.175. The SMILES string of the molecule is O=C(C[NH+]1CCN(c2cccc(Cl)c2)CC1)Nc1ccc(Cl)cc1C(=O)c1ccccc1. The third-order valence-electron chi connectivity index (χ3n) is 5.59. The Kier molecular flexibility index (Phi) is 7.10. The summed E-state index contributed by atoms with van der Waals surface area (Å²) in [5, 5.41) is 4.09. The van der Waals surface area contributed by atoms with Gasteiger partial charge in [-0.1, -0.05) is 59.6 Å². The van der Waals surface area contributed by atoms with Crippen molar-refractivity contribution < 1.29 is 14.5 Å². The molecule has 1 aliphatic heterocycles. The Morgan fingerprint density at radius 2 is 1.59 bits per heavy atom. The number of carbonyl (C=O) groups excluding carboxylic acids is 2. The zero-order valence-electron chi connectivity index (χ0n) is 17.5. The quantitative estimate of drug-likeness (QED) is 0.543. The first-order chi connectivity index (χ1) is 15.5. The number of amides is 1. The van der Waals surface area contributed by atoms with E-state index in [1.165, 1.54) is 4.90 Å². The van der Waals surface area contributed by atoms with Crippen LogP contribution in [-0.4, -0.2) is 44.4 Å². The molecule has 1 aliphatic rings. The molecule has 0 atom stereocenters. The molecule has 0 unspecified atom stereocenters. The Morgan fingerprint density at radius 3 is 2.31 bits per heavy atom. The Morgan fingerprint density at radius 1 is 0.875 bits per heavy atom. The summed E-state index contributed by atoms with van der Waals surface area (Å²) in [6.07, 6.45) is 0. The van der Waals surface area contributed by atoms with Crippen LogP contribution in [-0.2, 0) is 4.79 Å². The topological polar surface area (TPSA) is 53.9 Å². The lowest BCUT2D eigenvalue weighted by molar-refractivity contribution is -0.892. The van der Waals surface area contributed by atoms with Gasteiger partial charge < -0.3 is 15.1 Å². The van der Waals surface area contributed by atoms with E-state index in [0.29, 0.717) is 28.4 Å². The van der Waals surface area contributed by atoms with Gasteiger partial charge in [-0.2, -0.15) is 0 Å². The van der Waals surface area contributed by atoms with Crippen LogP contribution in [0.4, 0.5) is 11.4 Å². The molecule has 0 bridgehead atoms. The molecule has 0 spiro atoms. The number of rotatable bonds is 6. The van der Waals surface area contributed by atoms with Crippen molar-refractivity contribution in [3.63, 3.8) is 0 Å². The number of piperazine rings is 1. The number of nitrogens with zero attached hydrogens (tertiary/aromatic N) is 1. The molecule has 1 amide bonds. The van der Waals surface area contributed by atoms with Crippen molar-refractivity contribution in [3.8, 4) is 0 Å². The molecule has 0 aromatic heterocycles. The highest BCUT2D eigenvalue weighted by molar-refractivity contribution is 6.31. The molecular weight excluding hydrogens is 445 g/mol. The molecule has 3 aromatic rings. The number of benzene rings is 3. The van der Waals surface area contributed by atoms with Gasteiger partial charge in [-0.15, -0.1) is 0 Å². The Bertz CT molecular complexity index is 1110. The lowest BCUT2D eigenvalue weighted by atomic mass is 10.0. The van der Waals surface area contributed by atoms with E-state index < -0.39 is 0 Å². The summed E-state index contributed by atoms with van der Waals surface area (Å²) in [7, 11) is 0. The summed E-state index contributed by atoms with van der Waals surface area (Å²) in [5.41, 5.74) is 2.52. The molecule has 7 heteroatoms.